The van der Waals surface area contributed by atoms with Crippen molar-refractivity contribution >= 4 is 13.5 Å². The average molecular weight is 318 g/mol. The highest BCUT2D eigenvalue weighted by atomic mass is 32.1. The van der Waals surface area contributed by atoms with E-state index in [0.717, 1.165) is 4.48 Å². The lowest BCUT2D eigenvalue weighted by Gasteiger charge is -2.23. The lowest BCUT2D eigenvalue weighted by atomic mass is 10.0. The summed E-state index contributed by atoms with van der Waals surface area (Å²) in [5.41, 5.74) is 0. The van der Waals surface area contributed by atoms with Crippen molar-refractivity contribution in [1.82, 2.24) is 0 Å². The third-order valence-corrected chi connectivity index (χ3v) is 4.18. The van der Waals surface area contributed by atoms with Crippen LogP contribution in [0.4, 0.5) is 0 Å². The third-order valence-electron chi connectivity index (χ3n) is 4.18. The Bertz CT molecular complexity index is 186. The molecule has 0 rings (SSSR count). The molecule has 0 aliphatic heterocycles. The molecule has 0 aliphatic rings. The van der Waals surface area contributed by atoms with Crippen LogP contribution in [0.2, 0.25) is 0 Å². The van der Waals surface area contributed by atoms with Crippen molar-refractivity contribution in [2.75, 3.05) is 27.7 Å². The molecule has 0 fully saturated rings. The molecule has 0 N–H and O–H groups in total. The van der Waals surface area contributed by atoms with Gasteiger partial charge in [-0.25, -0.2) is 0 Å². The van der Waals surface area contributed by atoms with E-state index in [0.29, 0.717) is 0 Å². The van der Waals surface area contributed by atoms with Crippen LogP contribution in [-0.2, 0) is 13.5 Å². The summed E-state index contributed by atoms with van der Waals surface area (Å²) in [5, 5.41) is 0. The minimum absolute atomic E-state index is 0. The fraction of sp³-hybridized carbons (Fsp3) is 1.00. The van der Waals surface area contributed by atoms with Crippen LogP contribution in [0.5, 0.6) is 0 Å². The van der Waals surface area contributed by atoms with E-state index >= 15 is 0 Å². The second-order valence-corrected chi connectivity index (χ2v) is 7.61. The molecule has 21 heavy (non-hydrogen) atoms. The van der Waals surface area contributed by atoms with Gasteiger partial charge in [-0.1, -0.05) is 84.0 Å². The van der Waals surface area contributed by atoms with E-state index in [1.165, 1.54) is 96.4 Å². The molecule has 0 atom stereocenters. The number of unbranched alkanes of at least 4 members (excludes halogenated alkanes) is 13. The first-order chi connectivity index (χ1) is 9.56. The second-order valence-electron chi connectivity index (χ2n) is 7.61. The molecule has 0 aromatic heterocycles. The summed E-state index contributed by atoms with van der Waals surface area (Å²) >= 11 is 0. The van der Waals surface area contributed by atoms with Gasteiger partial charge in [-0.05, 0) is 12.8 Å². The molecular weight excluding hydrogens is 274 g/mol. The molecule has 0 aromatic carbocycles. The van der Waals surface area contributed by atoms with Crippen LogP contribution in [-0.4, -0.2) is 32.2 Å². The molecular formula is C19H43NS. The first-order valence-electron chi connectivity index (χ1n) is 9.36. The van der Waals surface area contributed by atoms with E-state index in [4.69, 9.17) is 0 Å². The largest absolute Gasteiger partial charge is 0.813 e. The summed E-state index contributed by atoms with van der Waals surface area (Å²) in [6, 6.07) is 0. The zero-order valence-electron chi connectivity index (χ0n) is 15.5. The Hall–Kier alpha value is 0.310. The molecule has 0 unspecified atom stereocenters. The smallest absolute Gasteiger partial charge is 0.0780 e. The Morgan fingerprint density at radius 1 is 0.476 bits per heavy atom. The monoisotopic (exact) mass is 317 g/mol. The van der Waals surface area contributed by atoms with Gasteiger partial charge >= 0.3 is 0 Å². The molecule has 0 aromatic rings. The predicted molar refractivity (Wildman–Crippen MR) is 102 cm³/mol. The van der Waals surface area contributed by atoms with Crippen molar-refractivity contribution in [2.24, 2.45) is 0 Å². The highest BCUT2D eigenvalue weighted by Gasteiger charge is 2.04. The summed E-state index contributed by atoms with van der Waals surface area (Å²) < 4.78 is 1.12. The molecule has 2 heteroatoms. The number of hydrogen-bond donors (Lipinski definition) is 0. The number of thiol groups is 1. The van der Waals surface area contributed by atoms with Gasteiger partial charge in [0.05, 0.1) is 27.7 Å². The first kappa shape index (κ1) is 23.6. The molecule has 0 spiro atoms. The van der Waals surface area contributed by atoms with Crippen LogP contribution >= 0.6 is 0 Å². The summed E-state index contributed by atoms with van der Waals surface area (Å²) in [5.74, 6) is 0. The normalized spacial score (nSPS) is 11.4. The lowest BCUT2D eigenvalue weighted by molar-refractivity contribution is -0.870. The van der Waals surface area contributed by atoms with Gasteiger partial charge < -0.3 is 18.0 Å². The molecule has 0 aliphatic carbocycles. The molecule has 1 nitrogen and oxygen atoms in total. The van der Waals surface area contributed by atoms with Gasteiger partial charge in [0.1, 0.15) is 0 Å². The lowest BCUT2D eigenvalue weighted by Crippen LogP contribution is -2.35. The topological polar surface area (TPSA) is 0 Å². The van der Waals surface area contributed by atoms with Crippen molar-refractivity contribution in [2.45, 2.75) is 96.8 Å². The highest BCUT2D eigenvalue weighted by molar-refractivity contribution is 7.37. The number of rotatable bonds is 15. The maximum atomic E-state index is 2.29. The zero-order chi connectivity index (χ0) is 15.1. The van der Waals surface area contributed by atoms with Crippen LogP contribution in [0.15, 0.2) is 0 Å². The van der Waals surface area contributed by atoms with E-state index in [-0.39, 0.29) is 13.5 Å². The first-order valence-corrected chi connectivity index (χ1v) is 9.36. The summed E-state index contributed by atoms with van der Waals surface area (Å²) in [7, 11) is 6.88. The Labute approximate surface area is 142 Å². The Balaban J connectivity index is 0. The van der Waals surface area contributed by atoms with Crippen LogP contribution in [0, 0.1) is 0 Å². The van der Waals surface area contributed by atoms with Crippen molar-refractivity contribution < 1.29 is 4.48 Å². The average Bonchev–Trinajstić information content (AvgIpc) is 2.38. The maximum Gasteiger partial charge on any atom is 0.0780 e. The van der Waals surface area contributed by atoms with Gasteiger partial charge in [0.2, 0.25) is 0 Å². The van der Waals surface area contributed by atoms with E-state index in [9.17, 15) is 0 Å². The Morgan fingerprint density at radius 2 is 0.762 bits per heavy atom. The molecule has 0 saturated carbocycles. The maximum absolute atomic E-state index is 2.29. The van der Waals surface area contributed by atoms with Crippen LogP contribution in [0.3, 0.4) is 0 Å². The molecule has 0 bridgehead atoms. The van der Waals surface area contributed by atoms with Crippen LogP contribution in [0.25, 0.3) is 0 Å². The predicted octanol–water partition coefficient (Wildman–Crippen LogP) is 5.90. The van der Waals surface area contributed by atoms with Gasteiger partial charge in [0.25, 0.3) is 0 Å². The fourth-order valence-corrected chi connectivity index (χ4v) is 2.78. The summed E-state index contributed by atoms with van der Waals surface area (Å²) in [6.45, 7) is 3.63. The standard InChI is InChI=1S/C19H42N.H2S/c1-5-6-7-8-9-10-11-12-13-14-15-16-17-18-19-20(2,3)4;/h5-19H2,1-4H3;1H2/q+1;/p-1. The molecule has 0 amide bonds. The minimum atomic E-state index is 0. The number of quaternary nitrogens is 1. The molecule has 130 valence electrons. The van der Waals surface area contributed by atoms with Gasteiger partial charge in [-0.15, -0.1) is 0 Å². The van der Waals surface area contributed by atoms with Gasteiger partial charge in [0.15, 0.2) is 0 Å². The van der Waals surface area contributed by atoms with E-state index in [2.05, 4.69) is 28.1 Å². The van der Waals surface area contributed by atoms with Crippen LogP contribution < -0.4 is 0 Å². The van der Waals surface area contributed by atoms with Crippen molar-refractivity contribution in [3.8, 4) is 0 Å². The third kappa shape index (κ3) is 22.7. The molecule has 0 heterocycles. The quantitative estimate of drug-likeness (QED) is 0.157. The minimum Gasteiger partial charge on any atom is -0.813 e. The van der Waals surface area contributed by atoms with Crippen molar-refractivity contribution in [1.29, 1.82) is 0 Å². The fourth-order valence-electron chi connectivity index (χ4n) is 2.78. The summed E-state index contributed by atoms with van der Waals surface area (Å²) in [4.78, 5) is 0. The Kier molecular flexibility index (Phi) is 18.7. The second kappa shape index (κ2) is 16.7. The van der Waals surface area contributed by atoms with Gasteiger partial charge in [-0.2, -0.15) is 0 Å². The van der Waals surface area contributed by atoms with Gasteiger partial charge in [-0.3, -0.25) is 0 Å². The summed E-state index contributed by atoms with van der Waals surface area (Å²) in [6.07, 6.45) is 20.4. The van der Waals surface area contributed by atoms with E-state index in [1.807, 2.05) is 0 Å². The van der Waals surface area contributed by atoms with E-state index in [1.54, 1.807) is 0 Å². The zero-order valence-corrected chi connectivity index (χ0v) is 16.4. The van der Waals surface area contributed by atoms with Crippen molar-refractivity contribution in [3.05, 3.63) is 0 Å². The van der Waals surface area contributed by atoms with E-state index < -0.39 is 0 Å². The molecule has 0 radical (unpaired) electrons. The number of nitrogens with zero attached hydrogens (tertiary/aromatic N) is 1. The number of hydrogen-bond acceptors (Lipinski definition) is 1. The van der Waals surface area contributed by atoms with Gasteiger partial charge in [0, 0.05) is 0 Å². The Morgan fingerprint density at radius 3 is 1.05 bits per heavy atom. The van der Waals surface area contributed by atoms with Crippen LogP contribution in [0.1, 0.15) is 96.8 Å². The molecule has 0 saturated heterocycles. The SMILES string of the molecule is CCCCCCCCCCCCCCCC[N+](C)(C)C.[SH-]. The highest BCUT2D eigenvalue weighted by Crippen LogP contribution is 2.13. The van der Waals surface area contributed by atoms with Crippen molar-refractivity contribution in [3.63, 3.8) is 0 Å².